The van der Waals surface area contributed by atoms with E-state index >= 15 is 0 Å². The third-order valence-electron chi connectivity index (χ3n) is 2.24. The Morgan fingerprint density at radius 3 is 2.69 bits per heavy atom. The minimum Gasteiger partial charge on any atom is -0.335 e. The lowest BCUT2D eigenvalue weighted by Crippen LogP contribution is -2.07. The number of aromatic nitrogens is 2. The highest BCUT2D eigenvalue weighted by Crippen LogP contribution is 2.26. The number of hydrogen-bond acceptors (Lipinski definition) is 2. The standard InChI is InChI=1S/C12H9N3O/c1-8-7-10(9-3-5-14-6-4-9)11(13-2)12(16)15-8/h3-7H,1H3,(H,15,16). The van der Waals surface area contributed by atoms with Crippen LogP contribution in [0.15, 0.2) is 35.4 Å². The molecule has 0 saturated carbocycles. The molecule has 0 spiro atoms. The van der Waals surface area contributed by atoms with Crippen molar-refractivity contribution in [1.82, 2.24) is 9.97 Å². The van der Waals surface area contributed by atoms with Gasteiger partial charge in [0.05, 0.1) is 6.57 Å². The Morgan fingerprint density at radius 1 is 1.38 bits per heavy atom. The third-order valence-corrected chi connectivity index (χ3v) is 2.24. The highest BCUT2D eigenvalue weighted by atomic mass is 16.1. The van der Waals surface area contributed by atoms with Gasteiger partial charge >= 0.3 is 0 Å². The van der Waals surface area contributed by atoms with Crippen LogP contribution in [0.4, 0.5) is 5.69 Å². The molecule has 2 heterocycles. The Morgan fingerprint density at radius 2 is 2.06 bits per heavy atom. The lowest BCUT2D eigenvalue weighted by molar-refractivity contribution is 1.15. The van der Waals surface area contributed by atoms with Crippen molar-refractivity contribution in [1.29, 1.82) is 0 Å². The summed E-state index contributed by atoms with van der Waals surface area (Å²) in [5, 5.41) is 0. The maximum atomic E-state index is 11.6. The van der Waals surface area contributed by atoms with Gasteiger partial charge in [-0.3, -0.25) is 9.78 Å². The molecule has 0 amide bonds. The molecule has 2 aromatic heterocycles. The van der Waals surface area contributed by atoms with Gasteiger partial charge in [0.2, 0.25) is 0 Å². The molecule has 0 aliphatic carbocycles. The van der Waals surface area contributed by atoms with E-state index in [1.54, 1.807) is 37.5 Å². The number of aryl methyl sites for hydroxylation is 1. The van der Waals surface area contributed by atoms with Crippen LogP contribution in [0.5, 0.6) is 0 Å². The second-order valence-corrected chi connectivity index (χ2v) is 3.39. The number of nitrogens with one attached hydrogen (secondary N) is 1. The maximum Gasteiger partial charge on any atom is 0.258 e. The van der Waals surface area contributed by atoms with Gasteiger partial charge < -0.3 is 4.98 Å². The molecule has 0 fully saturated rings. The van der Waals surface area contributed by atoms with Crippen LogP contribution >= 0.6 is 0 Å². The van der Waals surface area contributed by atoms with Crippen LogP contribution in [0.1, 0.15) is 5.69 Å². The summed E-state index contributed by atoms with van der Waals surface area (Å²) in [5.74, 6) is 0. The molecule has 0 unspecified atom stereocenters. The van der Waals surface area contributed by atoms with Crippen LogP contribution in [0, 0.1) is 13.5 Å². The predicted molar refractivity (Wildman–Crippen MR) is 61.3 cm³/mol. The van der Waals surface area contributed by atoms with Crippen molar-refractivity contribution in [2.75, 3.05) is 0 Å². The van der Waals surface area contributed by atoms with Gasteiger partial charge in [0, 0.05) is 18.1 Å². The first-order valence-corrected chi connectivity index (χ1v) is 4.74. The molecule has 4 nitrogen and oxygen atoms in total. The minimum atomic E-state index is -0.346. The highest BCUT2D eigenvalue weighted by Gasteiger charge is 2.09. The molecule has 0 aromatic carbocycles. The zero-order valence-electron chi connectivity index (χ0n) is 8.69. The largest absolute Gasteiger partial charge is 0.335 e. The van der Waals surface area contributed by atoms with E-state index in [9.17, 15) is 4.79 Å². The SMILES string of the molecule is [C-]#[N+]c1c(-c2ccncc2)cc(C)[nH]c1=O. The second kappa shape index (κ2) is 3.99. The zero-order chi connectivity index (χ0) is 11.5. The fourth-order valence-electron chi connectivity index (χ4n) is 1.54. The number of nitrogens with zero attached hydrogens (tertiary/aromatic N) is 2. The van der Waals surface area contributed by atoms with E-state index in [1.807, 2.05) is 0 Å². The molecule has 78 valence electrons. The van der Waals surface area contributed by atoms with Crippen LogP contribution in [0.2, 0.25) is 0 Å². The Bertz CT molecular complexity index is 608. The van der Waals surface area contributed by atoms with Crippen LogP contribution in [0.25, 0.3) is 16.0 Å². The smallest absolute Gasteiger partial charge is 0.258 e. The van der Waals surface area contributed by atoms with Gasteiger partial charge in [-0.05, 0) is 36.2 Å². The summed E-state index contributed by atoms with van der Waals surface area (Å²) >= 11 is 0. The normalized spacial score (nSPS) is 9.75. The quantitative estimate of drug-likeness (QED) is 0.736. The van der Waals surface area contributed by atoms with Gasteiger partial charge in [-0.15, -0.1) is 0 Å². The Hall–Kier alpha value is -2.41. The van der Waals surface area contributed by atoms with E-state index in [2.05, 4.69) is 14.8 Å². The fraction of sp³-hybridized carbons (Fsp3) is 0.0833. The number of H-pyrrole nitrogens is 1. The van der Waals surface area contributed by atoms with Crippen molar-refractivity contribution in [3.63, 3.8) is 0 Å². The monoisotopic (exact) mass is 211 g/mol. The molecule has 2 rings (SSSR count). The number of hydrogen-bond donors (Lipinski definition) is 1. The molecule has 0 atom stereocenters. The van der Waals surface area contributed by atoms with Gasteiger partial charge in [0.15, 0.2) is 0 Å². The van der Waals surface area contributed by atoms with Crippen LogP contribution < -0.4 is 5.56 Å². The Labute approximate surface area is 92.4 Å². The molecule has 0 aliphatic heterocycles. The summed E-state index contributed by atoms with van der Waals surface area (Å²) in [4.78, 5) is 21.4. The van der Waals surface area contributed by atoms with Crippen molar-refractivity contribution in [3.05, 3.63) is 58.1 Å². The highest BCUT2D eigenvalue weighted by molar-refractivity contribution is 5.77. The lowest BCUT2D eigenvalue weighted by Gasteiger charge is -2.04. The third kappa shape index (κ3) is 1.71. The average Bonchev–Trinajstić information content (AvgIpc) is 2.29. The van der Waals surface area contributed by atoms with Crippen molar-refractivity contribution in [2.24, 2.45) is 0 Å². The first kappa shape index (κ1) is 10.1. The lowest BCUT2D eigenvalue weighted by atomic mass is 10.1. The van der Waals surface area contributed by atoms with Crippen molar-refractivity contribution in [2.45, 2.75) is 6.92 Å². The maximum absolute atomic E-state index is 11.6. The van der Waals surface area contributed by atoms with Crippen molar-refractivity contribution < 1.29 is 0 Å². The van der Waals surface area contributed by atoms with Gasteiger partial charge in [-0.25, -0.2) is 4.85 Å². The van der Waals surface area contributed by atoms with E-state index in [4.69, 9.17) is 6.57 Å². The van der Waals surface area contributed by atoms with Crippen molar-refractivity contribution >= 4 is 5.69 Å². The van der Waals surface area contributed by atoms with E-state index in [0.29, 0.717) is 5.56 Å². The predicted octanol–water partition coefficient (Wildman–Crippen LogP) is 2.30. The van der Waals surface area contributed by atoms with Crippen LogP contribution in [-0.4, -0.2) is 9.97 Å². The Balaban J connectivity index is 2.75. The summed E-state index contributed by atoms with van der Waals surface area (Å²) < 4.78 is 0. The average molecular weight is 211 g/mol. The molecular formula is C12H9N3O. The number of pyridine rings is 2. The van der Waals surface area contributed by atoms with E-state index in [0.717, 1.165) is 11.3 Å². The van der Waals surface area contributed by atoms with Gasteiger partial charge in [-0.1, -0.05) is 0 Å². The summed E-state index contributed by atoms with van der Waals surface area (Å²) in [6.07, 6.45) is 3.28. The summed E-state index contributed by atoms with van der Waals surface area (Å²) in [5.41, 5.74) is 2.00. The molecule has 0 aliphatic rings. The second-order valence-electron chi connectivity index (χ2n) is 3.39. The molecule has 1 N–H and O–H groups in total. The Kier molecular flexibility index (Phi) is 2.52. The van der Waals surface area contributed by atoms with Crippen LogP contribution in [0.3, 0.4) is 0 Å². The molecule has 0 saturated heterocycles. The first-order chi connectivity index (χ1) is 7.72. The topological polar surface area (TPSA) is 50.1 Å². The molecule has 0 radical (unpaired) electrons. The van der Waals surface area contributed by atoms with Gasteiger partial charge in [0.1, 0.15) is 0 Å². The van der Waals surface area contributed by atoms with Crippen LogP contribution in [-0.2, 0) is 0 Å². The molecule has 4 heteroatoms. The number of aromatic amines is 1. The van der Waals surface area contributed by atoms with E-state index in [1.165, 1.54) is 0 Å². The van der Waals surface area contributed by atoms with Gasteiger partial charge in [0.25, 0.3) is 11.2 Å². The molecule has 16 heavy (non-hydrogen) atoms. The van der Waals surface area contributed by atoms with Gasteiger partial charge in [-0.2, -0.15) is 0 Å². The van der Waals surface area contributed by atoms with E-state index in [-0.39, 0.29) is 11.2 Å². The summed E-state index contributed by atoms with van der Waals surface area (Å²) in [7, 11) is 0. The first-order valence-electron chi connectivity index (χ1n) is 4.74. The van der Waals surface area contributed by atoms with Crippen molar-refractivity contribution in [3.8, 4) is 11.1 Å². The molecule has 2 aromatic rings. The molecule has 0 bridgehead atoms. The minimum absolute atomic E-state index is 0.122. The number of rotatable bonds is 1. The molecular weight excluding hydrogens is 202 g/mol. The van der Waals surface area contributed by atoms with E-state index < -0.39 is 0 Å². The summed E-state index contributed by atoms with van der Waals surface area (Å²) in [6, 6.07) is 5.36. The fourth-order valence-corrected chi connectivity index (χ4v) is 1.54. The zero-order valence-corrected chi connectivity index (χ0v) is 8.69. The summed E-state index contributed by atoms with van der Waals surface area (Å²) in [6.45, 7) is 8.83.